The number of aliphatic hydroxyl groups excluding tert-OH is 1. The number of aliphatic hydroxyl groups is 1. The second-order valence-corrected chi connectivity index (χ2v) is 6.80. The minimum absolute atomic E-state index is 0.0774. The Hall–Kier alpha value is -3.18. The number of pyridine rings is 1. The molecular weight excluding hydrogens is 352 g/mol. The molecule has 3 rings (SSSR count). The SMILES string of the molecule is Cc1ccn(C(C)c2ccccc2)c(=O)c1C(=O)Nc1ccc(CCO)cc1. The monoisotopic (exact) mass is 376 g/mol. The lowest BCUT2D eigenvalue weighted by Gasteiger charge is -2.17. The number of rotatable bonds is 6. The van der Waals surface area contributed by atoms with Gasteiger partial charge in [-0.15, -0.1) is 0 Å². The molecule has 0 saturated heterocycles. The van der Waals surface area contributed by atoms with Gasteiger partial charge < -0.3 is 15.0 Å². The Morgan fingerprint density at radius 1 is 1.07 bits per heavy atom. The Kier molecular flexibility index (Phi) is 6.06. The van der Waals surface area contributed by atoms with E-state index in [1.807, 2.05) is 49.4 Å². The van der Waals surface area contributed by atoms with Gasteiger partial charge in [-0.25, -0.2) is 0 Å². The van der Waals surface area contributed by atoms with Crippen LogP contribution in [0.2, 0.25) is 0 Å². The fraction of sp³-hybridized carbons (Fsp3) is 0.217. The maximum atomic E-state index is 13.0. The number of nitrogens with one attached hydrogen (secondary N) is 1. The van der Waals surface area contributed by atoms with Crippen LogP contribution in [0.1, 0.15) is 40.0 Å². The standard InChI is InChI=1S/C23H24N2O3/c1-16-12-14-25(17(2)19-6-4-3-5-7-19)23(28)21(16)22(27)24-20-10-8-18(9-11-20)13-15-26/h3-12,14,17,26H,13,15H2,1-2H3,(H,24,27). The number of anilines is 1. The average Bonchev–Trinajstić information content (AvgIpc) is 2.70. The fourth-order valence-electron chi connectivity index (χ4n) is 3.19. The maximum Gasteiger partial charge on any atom is 0.264 e. The second-order valence-electron chi connectivity index (χ2n) is 6.80. The van der Waals surface area contributed by atoms with Crippen molar-refractivity contribution in [2.75, 3.05) is 11.9 Å². The van der Waals surface area contributed by atoms with Gasteiger partial charge in [0.1, 0.15) is 5.56 Å². The molecule has 0 saturated carbocycles. The smallest absolute Gasteiger partial charge is 0.264 e. The molecule has 1 atom stereocenters. The normalized spacial score (nSPS) is 11.8. The van der Waals surface area contributed by atoms with Gasteiger partial charge >= 0.3 is 0 Å². The van der Waals surface area contributed by atoms with Crippen LogP contribution in [0.25, 0.3) is 0 Å². The number of aromatic nitrogens is 1. The van der Waals surface area contributed by atoms with Crippen molar-refractivity contribution in [2.24, 2.45) is 0 Å². The summed E-state index contributed by atoms with van der Waals surface area (Å²) in [5.41, 5.74) is 3.05. The lowest BCUT2D eigenvalue weighted by molar-refractivity contribution is 0.102. The van der Waals surface area contributed by atoms with E-state index >= 15 is 0 Å². The molecule has 0 aliphatic rings. The van der Waals surface area contributed by atoms with E-state index in [4.69, 9.17) is 5.11 Å². The highest BCUT2D eigenvalue weighted by Crippen LogP contribution is 2.17. The van der Waals surface area contributed by atoms with Gasteiger partial charge in [-0.3, -0.25) is 9.59 Å². The van der Waals surface area contributed by atoms with Crippen molar-refractivity contribution in [3.63, 3.8) is 0 Å². The van der Waals surface area contributed by atoms with Crippen molar-refractivity contribution < 1.29 is 9.90 Å². The molecule has 5 heteroatoms. The molecule has 0 fully saturated rings. The van der Waals surface area contributed by atoms with Gasteiger partial charge in [-0.1, -0.05) is 42.5 Å². The van der Waals surface area contributed by atoms with Crippen molar-refractivity contribution >= 4 is 11.6 Å². The van der Waals surface area contributed by atoms with Crippen molar-refractivity contribution in [3.05, 3.63) is 99.5 Å². The molecule has 0 aliphatic heterocycles. The second kappa shape index (κ2) is 8.67. The number of aryl methyl sites for hydroxylation is 1. The van der Waals surface area contributed by atoms with Crippen molar-refractivity contribution in [2.45, 2.75) is 26.3 Å². The van der Waals surface area contributed by atoms with Gasteiger partial charge in [-0.2, -0.15) is 0 Å². The van der Waals surface area contributed by atoms with Crippen LogP contribution in [-0.2, 0) is 6.42 Å². The summed E-state index contributed by atoms with van der Waals surface area (Å²) < 4.78 is 1.58. The number of hydrogen-bond donors (Lipinski definition) is 2. The first kappa shape index (κ1) is 19.6. The molecule has 0 bridgehead atoms. The number of benzene rings is 2. The van der Waals surface area contributed by atoms with Crippen molar-refractivity contribution in [1.82, 2.24) is 4.57 Å². The topological polar surface area (TPSA) is 71.3 Å². The number of carbonyl (C=O) groups is 1. The lowest BCUT2D eigenvalue weighted by atomic mass is 10.1. The molecule has 1 amide bonds. The average molecular weight is 376 g/mol. The van der Waals surface area contributed by atoms with Crippen molar-refractivity contribution in [1.29, 1.82) is 0 Å². The van der Waals surface area contributed by atoms with Gasteiger partial charge in [0.2, 0.25) is 0 Å². The molecule has 1 heterocycles. The molecule has 1 unspecified atom stereocenters. The zero-order valence-corrected chi connectivity index (χ0v) is 16.1. The third-order valence-corrected chi connectivity index (χ3v) is 4.87. The highest BCUT2D eigenvalue weighted by atomic mass is 16.3. The van der Waals surface area contributed by atoms with Crippen LogP contribution in [0.3, 0.4) is 0 Å². The van der Waals surface area contributed by atoms with Crippen LogP contribution in [0.15, 0.2) is 71.7 Å². The zero-order valence-electron chi connectivity index (χ0n) is 16.1. The summed E-state index contributed by atoms with van der Waals surface area (Å²) in [6.45, 7) is 3.78. The fourth-order valence-corrected chi connectivity index (χ4v) is 3.19. The van der Waals surface area contributed by atoms with Gasteiger partial charge in [0.25, 0.3) is 11.5 Å². The molecule has 3 aromatic rings. The van der Waals surface area contributed by atoms with Crippen LogP contribution in [0.4, 0.5) is 5.69 Å². The number of hydrogen-bond acceptors (Lipinski definition) is 3. The summed E-state index contributed by atoms with van der Waals surface area (Å²) in [6, 6.07) is 18.6. The largest absolute Gasteiger partial charge is 0.396 e. The Bertz CT molecular complexity index is 1010. The first-order valence-corrected chi connectivity index (χ1v) is 9.29. The Morgan fingerprint density at radius 3 is 2.39 bits per heavy atom. The Morgan fingerprint density at radius 2 is 1.75 bits per heavy atom. The molecule has 2 aromatic carbocycles. The molecule has 0 radical (unpaired) electrons. The first-order chi connectivity index (χ1) is 13.5. The third kappa shape index (κ3) is 4.21. The lowest BCUT2D eigenvalue weighted by Crippen LogP contribution is -2.32. The summed E-state index contributed by atoms with van der Waals surface area (Å²) in [5, 5.41) is 11.8. The quantitative estimate of drug-likeness (QED) is 0.691. The maximum absolute atomic E-state index is 13.0. The van der Waals surface area contributed by atoms with Crippen LogP contribution < -0.4 is 10.9 Å². The minimum atomic E-state index is -0.424. The number of amides is 1. The van der Waals surface area contributed by atoms with E-state index in [2.05, 4.69) is 5.32 Å². The molecule has 28 heavy (non-hydrogen) atoms. The molecule has 1 aromatic heterocycles. The Labute approximate surface area is 164 Å². The molecule has 0 spiro atoms. The van der Waals surface area contributed by atoms with Crippen LogP contribution >= 0.6 is 0 Å². The summed E-state index contributed by atoms with van der Waals surface area (Å²) in [4.78, 5) is 25.9. The molecule has 5 nitrogen and oxygen atoms in total. The van der Waals surface area contributed by atoms with E-state index in [0.29, 0.717) is 17.7 Å². The van der Waals surface area contributed by atoms with E-state index < -0.39 is 5.91 Å². The first-order valence-electron chi connectivity index (χ1n) is 9.29. The highest BCUT2D eigenvalue weighted by molar-refractivity contribution is 6.05. The third-order valence-electron chi connectivity index (χ3n) is 4.87. The highest BCUT2D eigenvalue weighted by Gasteiger charge is 2.19. The summed E-state index contributed by atoms with van der Waals surface area (Å²) >= 11 is 0. The van der Waals surface area contributed by atoms with Gasteiger partial charge in [-0.05, 0) is 55.2 Å². The molecule has 144 valence electrons. The predicted octanol–water partition coefficient (Wildman–Crippen LogP) is 3.55. The van der Waals surface area contributed by atoms with E-state index in [-0.39, 0.29) is 23.8 Å². The zero-order chi connectivity index (χ0) is 20.1. The molecular formula is C23H24N2O3. The summed E-state index contributed by atoms with van der Waals surface area (Å²) in [7, 11) is 0. The number of carbonyl (C=O) groups excluding carboxylic acids is 1. The van der Waals surface area contributed by atoms with Gasteiger partial charge in [0.05, 0.1) is 6.04 Å². The van der Waals surface area contributed by atoms with E-state index in [1.165, 1.54) is 0 Å². The summed E-state index contributed by atoms with van der Waals surface area (Å²) in [6.07, 6.45) is 2.30. The Balaban J connectivity index is 1.89. The van der Waals surface area contributed by atoms with Crippen LogP contribution in [-0.4, -0.2) is 22.2 Å². The molecule has 2 N–H and O–H groups in total. The predicted molar refractivity (Wildman–Crippen MR) is 111 cm³/mol. The van der Waals surface area contributed by atoms with Crippen molar-refractivity contribution in [3.8, 4) is 0 Å². The van der Waals surface area contributed by atoms with Crippen LogP contribution in [0.5, 0.6) is 0 Å². The van der Waals surface area contributed by atoms with E-state index in [1.54, 1.807) is 35.9 Å². The number of nitrogens with zero attached hydrogens (tertiary/aromatic N) is 1. The summed E-state index contributed by atoms with van der Waals surface area (Å²) in [5.74, 6) is -0.424. The van der Waals surface area contributed by atoms with E-state index in [9.17, 15) is 9.59 Å². The van der Waals surface area contributed by atoms with Gasteiger partial charge in [0, 0.05) is 18.5 Å². The van der Waals surface area contributed by atoms with Crippen LogP contribution in [0, 0.1) is 6.92 Å². The van der Waals surface area contributed by atoms with E-state index in [0.717, 1.165) is 11.1 Å². The van der Waals surface area contributed by atoms with Gasteiger partial charge in [0.15, 0.2) is 0 Å². The molecule has 0 aliphatic carbocycles. The minimum Gasteiger partial charge on any atom is -0.396 e.